The molecular weight excluding hydrogens is 474 g/mol. The Morgan fingerprint density at radius 1 is 1.19 bits per heavy atom. The minimum Gasteiger partial charge on any atom is -0.497 e. The summed E-state index contributed by atoms with van der Waals surface area (Å²) in [6.07, 6.45) is 5.56. The number of ether oxygens (including phenoxy) is 2. The molecule has 2 aliphatic rings. The third kappa shape index (κ3) is 3.58. The van der Waals surface area contributed by atoms with Gasteiger partial charge in [0.15, 0.2) is 0 Å². The first-order valence-corrected chi connectivity index (χ1v) is 11.7. The van der Waals surface area contributed by atoms with E-state index in [1.165, 1.54) is 0 Å². The van der Waals surface area contributed by atoms with E-state index in [1.807, 2.05) is 33.8 Å². The van der Waals surface area contributed by atoms with Gasteiger partial charge in [0.1, 0.15) is 21.9 Å². The Hall–Kier alpha value is -2.81. The molecule has 2 fully saturated rings. The zero-order valence-corrected chi connectivity index (χ0v) is 19.8. The topological polar surface area (TPSA) is 81.5 Å². The van der Waals surface area contributed by atoms with Gasteiger partial charge in [-0.25, -0.2) is 4.98 Å². The van der Waals surface area contributed by atoms with Crippen LogP contribution in [0.4, 0.5) is 5.82 Å². The van der Waals surface area contributed by atoms with Gasteiger partial charge in [-0.15, -0.1) is 0 Å². The number of benzene rings is 1. The molecule has 0 radical (unpaired) electrons. The SMILES string of the molecule is COc1ccc(CNc2nccc3c2c(Br)nn3C2CC(=O)N3CCCCC23)c(OC)c1. The van der Waals surface area contributed by atoms with Crippen molar-refractivity contribution in [3.05, 3.63) is 40.6 Å². The minimum atomic E-state index is 0.0496. The number of halogens is 1. The standard InChI is InChI=1S/C23H26BrN5O3/c1-31-15-7-6-14(19(11-15)32-2)13-26-23-21-17(8-9-25-23)29(27-22(21)24)18-12-20(30)28-10-4-3-5-16(18)28/h6-9,11,16,18H,3-5,10,12-13H2,1-2H3,(H,25,26). The third-order valence-corrected chi connectivity index (χ3v) is 7.08. The van der Waals surface area contributed by atoms with Crippen molar-refractivity contribution >= 4 is 38.6 Å². The highest BCUT2D eigenvalue weighted by molar-refractivity contribution is 9.10. The number of hydrogen-bond donors (Lipinski definition) is 1. The van der Waals surface area contributed by atoms with Gasteiger partial charge in [-0.2, -0.15) is 5.10 Å². The summed E-state index contributed by atoms with van der Waals surface area (Å²) in [5.41, 5.74) is 1.97. The van der Waals surface area contributed by atoms with Gasteiger partial charge in [0.25, 0.3) is 0 Å². The molecule has 2 saturated heterocycles. The Morgan fingerprint density at radius 2 is 2.06 bits per heavy atom. The number of carbonyl (C=O) groups excluding carboxylic acids is 1. The Labute approximate surface area is 195 Å². The minimum absolute atomic E-state index is 0.0496. The number of methoxy groups -OCH3 is 2. The van der Waals surface area contributed by atoms with Crippen molar-refractivity contribution in [1.82, 2.24) is 19.7 Å². The van der Waals surface area contributed by atoms with Crippen molar-refractivity contribution in [3.8, 4) is 11.5 Å². The van der Waals surface area contributed by atoms with Crippen LogP contribution in [0.2, 0.25) is 0 Å². The fourth-order valence-electron chi connectivity index (χ4n) is 4.96. The number of piperidine rings is 1. The number of nitrogens with one attached hydrogen (secondary N) is 1. The van der Waals surface area contributed by atoms with Crippen LogP contribution in [0.5, 0.6) is 11.5 Å². The molecule has 32 heavy (non-hydrogen) atoms. The van der Waals surface area contributed by atoms with Crippen LogP contribution in [-0.2, 0) is 11.3 Å². The molecule has 168 valence electrons. The van der Waals surface area contributed by atoms with Gasteiger partial charge in [-0.05, 0) is 53.4 Å². The Morgan fingerprint density at radius 3 is 2.88 bits per heavy atom. The molecule has 3 aromatic rings. The van der Waals surface area contributed by atoms with Crippen molar-refractivity contribution in [2.45, 2.75) is 44.3 Å². The fourth-order valence-corrected chi connectivity index (χ4v) is 5.52. The van der Waals surface area contributed by atoms with Gasteiger partial charge in [0.05, 0.1) is 43.6 Å². The number of nitrogens with zero attached hydrogens (tertiary/aromatic N) is 4. The van der Waals surface area contributed by atoms with E-state index in [9.17, 15) is 4.79 Å². The van der Waals surface area contributed by atoms with E-state index < -0.39 is 0 Å². The predicted molar refractivity (Wildman–Crippen MR) is 125 cm³/mol. The number of hydrogen-bond acceptors (Lipinski definition) is 6. The number of amides is 1. The molecule has 9 heteroatoms. The second-order valence-corrected chi connectivity index (χ2v) is 8.99. The predicted octanol–water partition coefficient (Wildman–Crippen LogP) is 4.15. The van der Waals surface area contributed by atoms with Gasteiger partial charge in [0.2, 0.25) is 5.91 Å². The highest BCUT2D eigenvalue weighted by Crippen LogP contribution is 2.39. The van der Waals surface area contributed by atoms with Crippen LogP contribution in [0.15, 0.2) is 35.1 Å². The van der Waals surface area contributed by atoms with Crippen molar-refractivity contribution in [2.75, 3.05) is 26.1 Å². The summed E-state index contributed by atoms with van der Waals surface area (Å²) in [6, 6.07) is 8.00. The molecule has 0 aliphatic carbocycles. The summed E-state index contributed by atoms with van der Waals surface area (Å²) in [4.78, 5) is 19.2. The molecule has 0 saturated carbocycles. The van der Waals surface area contributed by atoms with E-state index in [4.69, 9.17) is 14.6 Å². The van der Waals surface area contributed by atoms with Gasteiger partial charge in [-0.3, -0.25) is 9.48 Å². The normalized spacial score (nSPS) is 20.5. The second kappa shape index (κ2) is 8.61. The van der Waals surface area contributed by atoms with E-state index in [0.717, 1.165) is 64.2 Å². The van der Waals surface area contributed by atoms with Crippen LogP contribution in [-0.4, -0.2) is 52.4 Å². The number of pyridine rings is 1. The Balaban J connectivity index is 1.45. The zero-order chi connectivity index (χ0) is 22.2. The van der Waals surface area contributed by atoms with Crippen LogP contribution in [0.1, 0.15) is 37.3 Å². The summed E-state index contributed by atoms with van der Waals surface area (Å²) in [5, 5.41) is 9.15. The second-order valence-electron chi connectivity index (χ2n) is 8.24. The summed E-state index contributed by atoms with van der Waals surface area (Å²) < 4.78 is 13.6. The maximum absolute atomic E-state index is 12.6. The highest BCUT2D eigenvalue weighted by Gasteiger charge is 2.43. The van der Waals surface area contributed by atoms with Crippen molar-refractivity contribution < 1.29 is 14.3 Å². The lowest BCUT2D eigenvalue weighted by Gasteiger charge is -2.32. The first-order valence-electron chi connectivity index (χ1n) is 10.9. The quantitative estimate of drug-likeness (QED) is 0.548. The molecule has 1 N–H and O–H groups in total. The average molecular weight is 500 g/mol. The van der Waals surface area contributed by atoms with Crippen molar-refractivity contribution in [1.29, 1.82) is 0 Å². The third-order valence-electron chi connectivity index (χ3n) is 6.53. The molecule has 2 atom stereocenters. The van der Waals surface area contributed by atoms with E-state index in [2.05, 4.69) is 26.2 Å². The lowest BCUT2D eigenvalue weighted by molar-refractivity contribution is -0.129. The summed E-state index contributed by atoms with van der Waals surface area (Å²) >= 11 is 3.64. The van der Waals surface area contributed by atoms with Gasteiger partial charge < -0.3 is 19.7 Å². The van der Waals surface area contributed by atoms with Gasteiger partial charge >= 0.3 is 0 Å². The van der Waals surface area contributed by atoms with E-state index in [0.29, 0.717) is 13.0 Å². The monoisotopic (exact) mass is 499 g/mol. The van der Waals surface area contributed by atoms with Crippen molar-refractivity contribution in [2.24, 2.45) is 0 Å². The van der Waals surface area contributed by atoms with Crippen LogP contribution in [0.3, 0.4) is 0 Å². The molecule has 5 rings (SSSR count). The first-order chi connectivity index (χ1) is 15.6. The number of rotatable bonds is 6. The number of anilines is 1. The largest absolute Gasteiger partial charge is 0.497 e. The number of carbonyl (C=O) groups is 1. The van der Waals surface area contributed by atoms with Gasteiger partial charge in [0, 0.05) is 30.9 Å². The smallest absolute Gasteiger partial charge is 0.225 e. The molecule has 2 aliphatic heterocycles. The first kappa shape index (κ1) is 21.1. The molecule has 1 amide bonds. The molecule has 4 heterocycles. The molecule has 8 nitrogen and oxygen atoms in total. The Bertz CT molecular complexity index is 1160. The van der Waals surface area contributed by atoms with E-state index >= 15 is 0 Å². The van der Waals surface area contributed by atoms with Crippen LogP contribution < -0.4 is 14.8 Å². The molecular formula is C23H26BrN5O3. The maximum atomic E-state index is 12.6. The summed E-state index contributed by atoms with van der Waals surface area (Å²) in [5.74, 6) is 2.47. The maximum Gasteiger partial charge on any atom is 0.225 e. The molecule has 1 aromatic carbocycles. The number of aromatic nitrogens is 3. The molecule has 2 aromatic heterocycles. The van der Waals surface area contributed by atoms with Crippen LogP contribution >= 0.6 is 15.9 Å². The van der Waals surface area contributed by atoms with E-state index in [1.54, 1.807) is 20.4 Å². The lowest BCUT2D eigenvalue weighted by Crippen LogP contribution is -2.39. The fraction of sp³-hybridized carbons (Fsp3) is 0.435. The summed E-state index contributed by atoms with van der Waals surface area (Å²) in [6.45, 7) is 1.40. The molecule has 2 unspecified atom stereocenters. The van der Waals surface area contributed by atoms with Crippen molar-refractivity contribution in [3.63, 3.8) is 0 Å². The highest BCUT2D eigenvalue weighted by atomic mass is 79.9. The summed E-state index contributed by atoms with van der Waals surface area (Å²) in [7, 11) is 3.28. The van der Waals surface area contributed by atoms with E-state index in [-0.39, 0.29) is 18.0 Å². The van der Waals surface area contributed by atoms with Gasteiger partial charge in [-0.1, -0.05) is 0 Å². The zero-order valence-electron chi connectivity index (χ0n) is 18.2. The molecule has 0 spiro atoms. The van der Waals surface area contributed by atoms with Crippen LogP contribution in [0.25, 0.3) is 10.9 Å². The Kier molecular flexibility index (Phi) is 5.67. The lowest BCUT2D eigenvalue weighted by atomic mass is 9.99. The average Bonchev–Trinajstić information content (AvgIpc) is 3.34. The van der Waals surface area contributed by atoms with Crippen LogP contribution in [0, 0.1) is 0 Å². The molecule has 0 bridgehead atoms. The number of fused-ring (bicyclic) bond motifs is 2.